The average molecular weight is 292 g/mol. The number of benzene rings is 1. The molecule has 6 heteroatoms. The van der Waals surface area contributed by atoms with Crippen molar-refractivity contribution in [1.82, 2.24) is 0 Å². The van der Waals surface area contributed by atoms with Gasteiger partial charge >= 0.3 is 0 Å². The maximum atomic E-state index is 12.2. The molecule has 1 fully saturated rings. The van der Waals surface area contributed by atoms with Gasteiger partial charge in [-0.25, -0.2) is 0 Å². The number of hydrogen-bond donors (Lipinski definition) is 2. The van der Waals surface area contributed by atoms with E-state index in [9.17, 15) is 4.79 Å². The van der Waals surface area contributed by atoms with Crippen molar-refractivity contribution >= 4 is 17.3 Å². The van der Waals surface area contributed by atoms with Crippen LogP contribution in [-0.4, -0.2) is 31.8 Å². The largest absolute Gasteiger partial charge is 0.489 e. The summed E-state index contributed by atoms with van der Waals surface area (Å²) in [6.07, 6.45) is 3.20. The molecule has 21 heavy (non-hydrogen) atoms. The third-order valence-electron chi connectivity index (χ3n) is 3.65. The van der Waals surface area contributed by atoms with E-state index in [1.807, 2.05) is 0 Å². The standard InChI is InChI=1S/C15H20N2O4/c16-10-8-13-14(21-7-3-6-20-13)9-11(10)17-15(18)12-4-1-2-5-19-12/h8-9,12H,1-7,16H2,(H,17,18). The molecule has 0 bridgehead atoms. The number of hydrogen-bond acceptors (Lipinski definition) is 5. The number of nitrogen functional groups attached to an aromatic ring is 1. The SMILES string of the molecule is Nc1cc2c(cc1NC(=O)C1CCCCO1)OCCCO2. The van der Waals surface area contributed by atoms with Crippen LogP contribution in [0.5, 0.6) is 11.5 Å². The molecule has 114 valence electrons. The van der Waals surface area contributed by atoms with Crippen LogP contribution in [0.2, 0.25) is 0 Å². The molecule has 1 amide bonds. The molecule has 3 rings (SSSR count). The number of ether oxygens (including phenoxy) is 3. The van der Waals surface area contributed by atoms with Gasteiger partial charge in [0.05, 0.1) is 24.6 Å². The van der Waals surface area contributed by atoms with Crippen molar-refractivity contribution in [2.75, 3.05) is 30.9 Å². The van der Waals surface area contributed by atoms with Gasteiger partial charge < -0.3 is 25.3 Å². The predicted octanol–water partition coefficient (Wildman–Crippen LogP) is 1.94. The Morgan fingerprint density at radius 2 is 1.86 bits per heavy atom. The smallest absolute Gasteiger partial charge is 0.253 e. The van der Waals surface area contributed by atoms with Gasteiger partial charge in [0.1, 0.15) is 6.10 Å². The number of nitrogens with two attached hydrogens (primary N) is 1. The Balaban J connectivity index is 1.75. The van der Waals surface area contributed by atoms with E-state index >= 15 is 0 Å². The van der Waals surface area contributed by atoms with Gasteiger partial charge in [-0.1, -0.05) is 0 Å². The highest BCUT2D eigenvalue weighted by molar-refractivity contribution is 5.97. The molecule has 2 heterocycles. The molecule has 3 N–H and O–H groups in total. The van der Waals surface area contributed by atoms with Crippen molar-refractivity contribution in [3.05, 3.63) is 12.1 Å². The fraction of sp³-hybridized carbons (Fsp3) is 0.533. The summed E-state index contributed by atoms with van der Waals surface area (Å²) >= 11 is 0. The van der Waals surface area contributed by atoms with Crippen LogP contribution in [0.3, 0.4) is 0 Å². The lowest BCUT2D eigenvalue weighted by Crippen LogP contribution is -2.33. The molecule has 0 saturated carbocycles. The van der Waals surface area contributed by atoms with Crippen molar-refractivity contribution in [3.63, 3.8) is 0 Å². The van der Waals surface area contributed by atoms with Crippen LogP contribution >= 0.6 is 0 Å². The third-order valence-corrected chi connectivity index (χ3v) is 3.65. The average Bonchev–Trinajstić information content (AvgIpc) is 2.73. The van der Waals surface area contributed by atoms with E-state index in [4.69, 9.17) is 19.9 Å². The Labute approximate surface area is 123 Å². The second-order valence-corrected chi connectivity index (χ2v) is 5.28. The lowest BCUT2D eigenvalue weighted by molar-refractivity contribution is -0.129. The van der Waals surface area contributed by atoms with Crippen LogP contribution < -0.4 is 20.5 Å². The second-order valence-electron chi connectivity index (χ2n) is 5.28. The number of anilines is 2. The van der Waals surface area contributed by atoms with Gasteiger partial charge in [0, 0.05) is 25.2 Å². The Kier molecular flexibility index (Phi) is 4.15. The van der Waals surface area contributed by atoms with Crippen molar-refractivity contribution in [3.8, 4) is 11.5 Å². The molecule has 0 aliphatic carbocycles. The fourth-order valence-corrected chi connectivity index (χ4v) is 2.49. The minimum absolute atomic E-state index is 0.157. The summed E-state index contributed by atoms with van der Waals surface area (Å²) in [5.41, 5.74) is 6.98. The van der Waals surface area contributed by atoms with Gasteiger partial charge in [0.2, 0.25) is 0 Å². The summed E-state index contributed by atoms with van der Waals surface area (Å²) in [4.78, 5) is 12.2. The first-order valence-electron chi connectivity index (χ1n) is 7.35. The summed E-state index contributed by atoms with van der Waals surface area (Å²) in [5.74, 6) is 1.08. The molecule has 1 aromatic rings. The Hall–Kier alpha value is -1.95. The monoisotopic (exact) mass is 292 g/mol. The van der Waals surface area contributed by atoms with E-state index in [0.29, 0.717) is 42.7 Å². The van der Waals surface area contributed by atoms with Crippen LogP contribution in [0.25, 0.3) is 0 Å². The quantitative estimate of drug-likeness (QED) is 0.814. The number of rotatable bonds is 2. The molecule has 0 spiro atoms. The number of nitrogens with one attached hydrogen (secondary N) is 1. The van der Waals surface area contributed by atoms with E-state index in [2.05, 4.69) is 5.32 Å². The maximum absolute atomic E-state index is 12.2. The molecule has 1 atom stereocenters. The molecule has 2 aliphatic rings. The number of amides is 1. The lowest BCUT2D eigenvalue weighted by Gasteiger charge is -2.22. The van der Waals surface area contributed by atoms with Gasteiger partial charge in [0.15, 0.2) is 11.5 Å². The van der Waals surface area contributed by atoms with E-state index in [-0.39, 0.29) is 5.91 Å². The summed E-state index contributed by atoms with van der Waals surface area (Å²) in [5, 5.41) is 2.83. The molecule has 0 radical (unpaired) electrons. The van der Waals surface area contributed by atoms with Crippen molar-refractivity contribution in [2.24, 2.45) is 0 Å². The normalized spacial score (nSPS) is 21.4. The lowest BCUT2D eigenvalue weighted by atomic mass is 10.1. The van der Waals surface area contributed by atoms with E-state index in [1.54, 1.807) is 12.1 Å². The van der Waals surface area contributed by atoms with E-state index in [1.165, 1.54) is 0 Å². The molecule has 2 aliphatic heterocycles. The molecule has 1 saturated heterocycles. The second kappa shape index (κ2) is 6.22. The zero-order valence-corrected chi connectivity index (χ0v) is 11.9. The molecule has 6 nitrogen and oxygen atoms in total. The number of carbonyl (C=O) groups is 1. The number of carbonyl (C=O) groups excluding carboxylic acids is 1. The minimum Gasteiger partial charge on any atom is -0.489 e. The van der Waals surface area contributed by atoms with Crippen LogP contribution in [-0.2, 0) is 9.53 Å². The summed E-state index contributed by atoms with van der Waals surface area (Å²) in [6.45, 7) is 1.83. The zero-order valence-electron chi connectivity index (χ0n) is 11.9. The number of fused-ring (bicyclic) bond motifs is 1. The highest BCUT2D eigenvalue weighted by Gasteiger charge is 2.23. The molecule has 1 aromatic carbocycles. The van der Waals surface area contributed by atoms with Crippen LogP contribution in [0.1, 0.15) is 25.7 Å². The van der Waals surface area contributed by atoms with Gasteiger partial charge in [-0.15, -0.1) is 0 Å². The Bertz CT molecular complexity index is 527. The third kappa shape index (κ3) is 3.21. The highest BCUT2D eigenvalue weighted by Crippen LogP contribution is 2.36. The van der Waals surface area contributed by atoms with E-state index in [0.717, 1.165) is 25.7 Å². The molecular formula is C15H20N2O4. The van der Waals surface area contributed by atoms with E-state index < -0.39 is 6.10 Å². The molecule has 0 aromatic heterocycles. The first kappa shape index (κ1) is 14.0. The predicted molar refractivity (Wildman–Crippen MR) is 78.7 cm³/mol. The van der Waals surface area contributed by atoms with Crippen molar-refractivity contribution in [2.45, 2.75) is 31.8 Å². The van der Waals surface area contributed by atoms with Crippen LogP contribution in [0, 0.1) is 0 Å². The first-order chi connectivity index (χ1) is 10.2. The van der Waals surface area contributed by atoms with Crippen LogP contribution in [0.15, 0.2) is 12.1 Å². The topological polar surface area (TPSA) is 82.8 Å². The van der Waals surface area contributed by atoms with Gasteiger partial charge in [-0.2, -0.15) is 0 Å². The Morgan fingerprint density at radius 3 is 2.57 bits per heavy atom. The highest BCUT2D eigenvalue weighted by atomic mass is 16.5. The summed E-state index contributed by atoms with van der Waals surface area (Å²) < 4.78 is 16.6. The van der Waals surface area contributed by atoms with Gasteiger partial charge in [0.25, 0.3) is 5.91 Å². The maximum Gasteiger partial charge on any atom is 0.253 e. The van der Waals surface area contributed by atoms with Gasteiger partial charge in [-0.3, -0.25) is 4.79 Å². The van der Waals surface area contributed by atoms with Crippen molar-refractivity contribution in [1.29, 1.82) is 0 Å². The van der Waals surface area contributed by atoms with Gasteiger partial charge in [-0.05, 0) is 19.3 Å². The fourth-order valence-electron chi connectivity index (χ4n) is 2.49. The molecular weight excluding hydrogens is 272 g/mol. The van der Waals surface area contributed by atoms with Crippen LogP contribution in [0.4, 0.5) is 11.4 Å². The molecule has 1 unspecified atom stereocenters. The zero-order chi connectivity index (χ0) is 14.7. The Morgan fingerprint density at radius 1 is 1.10 bits per heavy atom. The van der Waals surface area contributed by atoms with Crippen molar-refractivity contribution < 1.29 is 19.0 Å². The summed E-state index contributed by atoms with van der Waals surface area (Å²) in [6, 6.07) is 3.41. The first-order valence-corrected chi connectivity index (χ1v) is 7.35. The summed E-state index contributed by atoms with van der Waals surface area (Å²) in [7, 11) is 0. The minimum atomic E-state index is -0.394.